The van der Waals surface area contributed by atoms with E-state index in [4.69, 9.17) is 0 Å². The maximum absolute atomic E-state index is 13.6. The molecule has 0 aliphatic rings. The molecule has 2 N–H and O–H groups in total. The molecule has 14 heteroatoms. The summed E-state index contributed by atoms with van der Waals surface area (Å²) in [5, 5.41) is 20.6. The van der Waals surface area contributed by atoms with E-state index in [1.165, 1.54) is 24.4 Å². The molecule has 0 aromatic carbocycles. The number of carbonyl (C=O) groups excluding carboxylic acids is 1. The number of rotatable bonds is 3. The number of aromatic amines is 1. The Bertz CT molecular complexity index is 1410. The van der Waals surface area contributed by atoms with Gasteiger partial charge < -0.3 is 5.32 Å². The number of fused-ring (bicyclic) bond motifs is 1. The number of alkyl halides is 6. The molecular weight excluding hydrogens is 456 g/mol. The summed E-state index contributed by atoms with van der Waals surface area (Å²) in [4.78, 5) is 16.0. The van der Waals surface area contributed by atoms with Crippen LogP contribution in [0.3, 0.4) is 0 Å². The van der Waals surface area contributed by atoms with Crippen LogP contribution in [0, 0.1) is 11.3 Å². The molecule has 1 amide bonds. The second-order valence-electron chi connectivity index (χ2n) is 6.57. The number of aromatic nitrogens is 5. The monoisotopic (exact) mass is 465 g/mol. The van der Waals surface area contributed by atoms with Gasteiger partial charge in [-0.1, -0.05) is 0 Å². The van der Waals surface area contributed by atoms with Crippen LogP contribution < -0.4 is 5.32 Å². The summed E-state index contributed by atoms with van der Waals surface area (Å²) in [5.74, 6) is -1.35. The van der Waals surface area contributed by atoms with Gasteiger partial charge in [0.1, 0.15) is 23.2 Å². The number of anilines is 1. The average molecular weight is 465 g/mol. The van der Waals surface area contributed by atoms with Crippen molar-refractivity contribution in [3.05, 3.63) is 65.4 Å². The molecule has 0 saturated carbocycles. The largest absolute Gasteiger partial charge is 0.433 e. The minimum absolute atomic E-state index is 0.0362. The van der Waals surface area contributed by atoms with Gasteiger partial charge >= 0.3 is 12.4 Å². The van der Waals surface area contributed by atoms with Gasteiger partial charge in [0, 0.05) is 17.4 Å². The van der Waals surface area contributed by atoms with Crippen molar-refractivity contribution in [2.45, 2.75) is 12.4 Å². The third kappa shape index (κ3) is 3.95. The lowest BCUT2D eigenvalue weighted by Crippen LogP contribution is -2.19. The van der Waals surface area contributed by atoms with E-state index in [-0.39, 0.29) is 16.8 Å². The fourth-order valence-electron chi connectivity index (χ4n) is 3.12. The van der Waals surface area contributed by atoms with Crippen molar-refractivity contribution < 1.29 is 31.1 Å². The van der Waals surface area contributed by atoms with E-state index in [0.29, 0.717) is 6.07 Å². The van der Waals surface area contributed by atoms with Gasteiger partial charge in [0.15, 0.2) is 5.69 Å². The van der Waals surface area contributed by atoms with Gasteiger partial charge in [-0.15, -0.1) is 0 Å². The van der Waals surface area contributed by atoms with E-state index in [9.17, 15) is 36.4 Å². The molecule has 4 heterocycles. The number of H-pyrrole nitrogens is 1. The Morgan fingerprint density at radius 3 is 2.48 bits per heavy atom. The number of nitriles is 1. The van der Waals surface area contributed by atoms with E-state index in [2.05, 4.69) is 15.2 Å². The predicted molar refractivity (Wildman–Crippen MR) is 99.7 cm³/mol. The summed E-state index contributed by atoms with van der Waals surface area (Å²) in [6, 6.07) is 7.32. The second kappa shape index (κ2) is 7.62. The molecule has 0 aliphatic carbocycles. The van der Waals surface area contributed by atoms with E-state index in [1.54, 1.807) is 5.10 Å². The van der Waals surface area contributed by atoms with Crippen molar-refractivity contribution in [1.29, 1.82) is 5.26 Å². The van der Waals surface area contributed by atoms with Crippen LogP contribution in [0.1, 0.15) is 27.4 Å². The number of nitrogens with one attached hydrogen (secondary N) is 2. The summed E-state index contributed by atoms with van der Waals surface area (Å²) in [6.07, 6.45) is -7.80. The van der Waals surface area contributed by atoms with Gasteiger partial charge in [0.05, 0.1) is 17.3 Å². The normalized spacial score (nSPS) is 12.0. The van der Waals surface area contributed by atoms with Gasteiger partial charge in [-0.05, 0) is 30.3 Å². The summed E-state index contributed by atoms with van der Waals surface area (Å²) in [6.45, 7) is 0. The summed E-state index contributed by atoms with van der Waals surface area (Å²) in [5.41, 5.74) is -4.33. The highest BCUT2D eigenvalue weighted by Crippen LogP contribution is 2.37. The summed E-state index contributed by atoms with van der Waals surface area (Å²) in [7, 11) is 0. The third-order valence-electron chi connectivity index (χ3n) is 4.51. The molecule has 4 aromatic heterocycles. The zero-order valence-corrected chi connectivity index (χ0v) is 16.0. The Labute approximate surface area is 179 Å². The minimum atomic E-state index is -5.03. The van der Waals surface area contributed by atoms with Gasteiger partial charge in [0.25, 0.3) is 5.91 Å². The van der Waals surface area contributed by atoms with E-state index < -0.39 is 46.6 Å². The third-order valence-corrected chi connectivity index (χ3v) is 4.51. The molecule has 168 valence electrons. The van der Waals surface area contributed by atoms with Gasteiger partial charge in [0.2, 0.25) is 0 Å². The molecule has 0 unspecified atom stereocenters. The van der Waals surface area contributed by atoms with Crippen LogP contribution in [0.2, 0.25) is 0 Å². The van der Waals surface area contributed by atoms with Gasteiger partial charge in [-0.2, -0.15) is 41.8 Å². The molecule has 4 aromatic rings. The van der Waals surface area contributed by atoms with Crippen LogP contribution >= 0.6 is 0 Å². The van der Waals surface area contributed by atoms with E-state index in [1.807, 2.05) is 11.4 Å². The molecule has 0 radical (unpaired) electrons. The van der Waals surface area contributed by atoms with Crippen LogP contribution in [0.5, 0.6) is 0 Å². The number of carbonyl (C=O) groups is 1. The molecule has 4 rings (SSSR count). The highest BCUT2D eigenvalue weighted by Gasteiger charge is 2.40. The van der Waals surface area contributed by atoms with Crippen molar-refractivity contribution in [3.8, 4) is 17.3 Å². The number of hydrogen-bond acceptors (Lipinski definition) is 5. The Balaban J connectivity index is 1.84. The first-order valence-corrected chi connectivity index (χ1v) is 8.88. The lowest BCUT2D eigenvalue weighted by Gasteiger charge is -2.12. The Hall–Kier alpha value is -4.41. The molecule has 0 aliphatic heterocycles. The van der Waals surface area contributed by atoms with Crippen molar-refractivity contribution in [1.82, 2.24) is 24.8 Å². The molecular formula is C19H9F6N7O. The molecule has 8 nitrogen and oxygen atoms in total. The topological polar surface area (TPSA) is 112 Å². The summed E-state index contributed by atoms with van der Waals surface area (Å²) >= 11 is 0. The second-order valence-corrected chi connectivity index (χ2v) is 6.57. The first-order chi connectivity index (χ1) is 15.5. The Morgan fingerprint density at radius 2 is 1.82 bits per heavy atom. The SMILES string of the molecule is N#Cc1ccc(-c2n[nH]c(C(F)(F)F)c2C(=O)Nc2ccnc(C(F)(F)F)c2)c2ccnn12. The lowest BCUT2D eigenvalue weighted by atomic mass is 10.0. The minimum Gasteiger partial charge on any atom is -0.322 e. The zero-order chi connectivity index (χ0) is 24.0. The molecule has 33 heavy (non-hydrogen) atoms. The maximum atomic E-state index is 13.6. The Kier molecular flexibility index (Phi) is 5.04. The van der Waals surface area contributed by atoms with Crippen molar-refractivity contribution in [3.63, 3.8) is 0 Å². The van der Waals surface area contributed by atoms with E-state index in [0.717, 1.165) is 16.8 Å². The van der Waals surface area contributed by atoms with Crippen LogP contribution in [0.25, 0.3) is 16.8 Å². The molecule has 0 fully saturated rings. The molecule has 0 atom stereocenters. The summed E-state index contributed by atoms with van der Waals surface area (Å²) < 4.78 is 80.6. The van der Waals surface area contributed by atoms with E-state index >= 15 is 0 Å². The maximum Gasteiger partial charge on any atom is 0.433 e. The zero-order valence-electron chi connectivity index (χ0n) is 16.0. The fourth-order valence-corrected chi connectivity index (χ4v) is 3.12. The quantitative estimate of drug-likeness (QED) is 0.439. The molecule has 0 bridgehead atoms. The van der Waals surface area contributed by atoms with Gasteiger partial charge in [-0.25, -0.2) is 4.52 Å². The highest BCUT2D eigenvalue weighted by molar-refractivity contribution is 6.10. The number of halogens is 6. The highest BCUT2D eigenvalue weighted by atomic mass is 19.4. The van der Waals surface area contributed by atoms with Crippen LogP contribution in [0.4, 0.5) is 32.0 Å². The fraction of sp³-hybridized carbons (Fsp3) is 0.105. The first kappa shape index (κ1) is 21.8. The van der Waals surface area contributed by atoms with Crippen molar-refractivity contribution >= 4 is 17.1 Å². The predicted octanol–water partition coefficient (Wildman–Crippen LogP) is 4.28. The van der Waals surface area contributed by atoms with Gasteiger partial charge in [-0.3, -0.25) is 14.9 Å². The van der Waals surface area contributed by atoms with Crippen LogP contribution in [0.15, 0.2) is 42.7 Å². The molecule has 0 spiro atoms. The average Bonchev–Trinajstić information content (AvgIpc) is 3.40. The smallest absolute Gasteiger partial charge is 0.322 e. The van der Waals surface area contributed by atoms with Crippen LogP contribution in [-0.2, 0) is 12.4 Å². The molecule has 0 saturated heterocycles. The van der Waals surface area contributed by atoms with Crippen molar-refractivity contribution in [2.75, 3.05) is 5.32 Å². The number of nitrogens with zero attached hydrogens (tertiary/aromatic N) is 5. The van der Waals surface area contributed by atoms with Crippen LogP contribution in [-0.4, -0.2) is 30.7 Å². The number of amides is 1. The first-order valence-electron chi connectivity index (χ1n) is 8.88. The lowest BCUT2D eigenvalue weighted by molar-refractivity contribution is -0.142. The standard InChI is InChI=1S/C19H9F6N7O/c20-18(21,22)13-7-9(3-5-27-13)29-17(33)14-15(30-31-16(14)19(23,24)25)11-2-1-10(8-26)32-12(11)4-6-28-32/h1-7H,(H,30,31)(H,27,29,33). The number of pyridine rings is 2. The Morgan fingerprint density at radius 1 is 1.06 bits per heavy atom. The van der Waals surface area contributed by atoms with Crippen molar-refractivity contribution in [2.24, 2.45) is 0 Å². The number of hydrogen-bond donors (Lipinski definition) is 2.